The molecular formula is C45H45BN2S. The van der Waals surface area contributed by atoms with Crippen LogP contribution in [-0.2, 0) is 16.2 Å². The van der Waals surface area contributed by atoms with Gasteiger partial charge in [0, 0.05) is 43.3 Å². The predicted molar refractivity (Wildman–Crippen MR) is 215 cm³/mol. The van der Waals surface area contributed by atoms with E-state index in [1.165, 1.54) is 95.0 Å². The Morgan fingerprint density at radius 1 is 0.653 bits per heavy atom. The summed E-state index contributed by atoms with van der Waals surface area (Å²) in [4.78, 5) is 5.17. The molecule has 0 spiro atoms. The molecule has 0 bridgehead atoms. The maximum atomic E-state index is 2.65. The Morgan fingerprint density at radius 3 is 1.98 bits per heavy atom. The van der Waals surface area contributed by atoms with Gasteiger partial charge in [-0.1, -0.05) is 103 Å². The van der Waals surface area contributed by atoms with Crippen LogP contribution >= 0.6 is 11.3 Å². The Morgan fingerprint density at radius 2 is 1.29 bits per heavy atom. The van der Waals surface area contributed by atoms with Gasteiger partial charge < -0.3 is 9.80 Å². The minimum Gasteiger partial charge on any atom is -0.311 e. The van der Waals surface area contributed by atoms with Crippen molar-refractivity contribution in [3.05, 3.63) is 125 Å². The van der Waals surface area contributed by atoms with Gasteiger partial charge >= 0.3 is 0 Å². The van der Waals surface area contributed by atoms with E-state index in [4.69, 9.17) is 0 Å². The molecule has 0 fully saturated rings. The molecule has 244 valence electrons. The maximum absolute atomic E-state index is 2.65. The van der Waals surface area contributed by atoms with Crippen LogP contribution in [0.4, 0.5) is 34.1 Å². The van der Waals surface area contributed by atoms with Crippen LogP contribution in [0.1, 0.15) is 83.6 Å². The summed E-state index contributed by atoms with van der Waals surface area (Å²) in [5.41, 5.74) is 16.5. The fourth-order valence-corrected chi connectivity index (χ4v) is 10.2. The fraction of sp³-hybridized carbons (Fsp3) is 0.289. The molecule has 1 aliphatic carbocycles. The van der Waals surface area contributed by atoms with Gasteiger partial charge in [0.25, 0.3) is 6.71 Å². The second-order valence-electron chi connectivity index (χ2n) is 16.9. The molecule has 3 heterocycles. The third-order valence-electron chi connectivity index (χ3n) is 11.8. The van der Waals surface area contributed by atoms with Crippen LogP contribution in [0.25, 0.3) is 10.1 Å². The number of aryl methyl sites for hydroxylation is 1. The van der Waals surface area contributed by atoms with Gasteiger partial charge in [0.05, 0.1) is 5.69 Å². The van der Waals surface area contributed by atoms with Gasteiger partial charge in [-0.05, 0) is 118 Å². The predicted octanol–water partition coefficient (Wildman–Crippen LogP) is 10.9. The van der Waals surface area contributed by atoms with Gasteiger partial charge in [0.2, 0.25) is 0 Å². The lowest BCUT2D eigenvalue weighted by atomic mass is 9.35. The highest BCUT2D eigenvalue weighted by atomic mass is 32.1. The van der Waals surface area contributed by atoms with Gasteiger partial charge in [0.1, 0.15) is 0 Å². The summed E-state index contributed by atoms with van der Waals surface area (Å²) < 4.78 is 2.80. The molecule has 2 nitrogen and oxygen atoms in total. The van der Waals surface area contributed by atoms with Crippen molar-refractivity contribution in [2.75, 3.05) is 9.80 Å². The number of para-hydroxylation sites is 2. The zero-order valence-corrected chi connectivity index (χ0v) is 30.9. The Hall–Kier alpha value is -4.28. The Labute approximate surface area is 296 Å². The van der Waals surface area contributed by atoms with Gasteiger partial charge in [-0.25, -0.2) is 0 Å². The Bertz CT molecular complexity index is 2310. The molecule has 3 aliphatic rings. The molecule has 6 aromatic rings. The Balaban J connectivity index is 1.43. The summed E-state index contributed by atoms with van der Waals surface area (Å²) in [6, 6.07) is 39.4. The van der Waals surface area contributed by atoms with Gasteiger partial charge in [-0.3, -0.25) is 0 Å². The molecule has 4 heteroatoms. The molecule has 1 aromatic heterocycles. The standard InChI is InChI=1S/C45H45BN2S/c1-28-15-12-13-18-35(28)48-37-20-14-19-36-40(37)46(34-26-32-33(27-38(34)48)45(7,8)24-23-44(32,5)6)42-41(47(36)30-16-10-9-11-17-30)31-25-29(43(2,3)4)21-22-39(31)49-42/h9-22,25-27H,23-24H2,1-8H3. The van der Waals surface area contributed by atoms with Crippen LogP contribution in [0.3, 0.4) is 0 Å². The van der Waals surface area contributed by atoms with E-state index < -0.39 is 0 Å². The van der Waals surface area contributed by atoms with Crippen LogP contribution in [0.2, 0.25) is 0 Å². The Kier molecular flexibility index (Phi) is 6.51. The van der Waals surface area contributed by atoms with Crippen LogP contribution in [0, 0.1) is 6.92 Å². The normalized spacial score (nSPS) is 17.0. The van der Waals surface area contributed by atoms with E-state index in [2.05, 4.69) is 168 Å². The number of hydrogen-bond acceptors (Lipinski definition) is 3. The number of anilines is 6. The second kappa shape index (κ2) is 10.4. The quantitative estimate of drug-likeness (QED) is 0.171. The van der Waals surface area contributed by atoms with E-state index in [1.807, 2.05) is 11.3 Å². The summed E-state index contributed by atoms with van der Waals surface area (Å²) in [6.45, 7) is 19.2. The summed E-state index contributed by atoms with van der Waals surface area (Å²) in [6.07, 6.45) is 2.40. The first kappa shape index (κ1) is 30.8. The zero-order valence-electron chi connectivity index (χ0n) is 30.1. The number of nitrogens with zero attached hydrogens (tertiary/aromatic N) is 2. The first-order valence-corrected chi connectivity index (χ1v) is 18.8. The fourth-order valence-electron chi connectivity index (χ4n) is 8.86. The monoisotopic (exact) mass is 656 g/mol. The van der Waals surface area contributed by atoms with Crippen LogP contribution in [-0.4, -0.2) is 6.71 Å². The van der Waals surface area contributed by atoms with Crippen LogP contribution < -0.4 is 25.5 Å². The number of rotatable bonds is 2. The third-order valence-corrected chi connectivity index (χ3v) is 13.0. The number of hydrogen-bond donors (Lipinski definition) is 0. The van der Waals surface area contributed by atoms with Crippen molar-refractivity contribution in [2.45, 2.75) is 84.5 Å². The molecular weight excluding hydrogens is 611 g/mol. The molecule has 0 amide bonds. The first-order valence-electron chi connectivity index (χ1n) is 17.9. The van der Waals surface area contributed by atoms with Crippen molar-refractivity contribution in [1.82, 2.24) is 0 Å². The van der Waals surface area contributed by atoms with Crippen LogP contribution in [0.5, 0.6) is 0 Å². The van der Waals surface area contributed by atoms with E-state index in [0.29, 0.717) is 0 Å². The largest absolute Gasteiger partial charge is 0.311 e. The minimum atomic E-state index is 0.0588. The summed E-state index contributed by atoms with van der Waals surface area (Å²) >= 11 is 2.00. The highest BCUT2D eigenvalue weighted by Gasteiger charge is 2.47. The third kappa shape index (κ3) is 4.45. The molecule has 0 saturated carbocycles. The number of fused-ring (bicyclic) bond motifs is 7. The number of benzene rings is 5. The van der Waals surface area contributed by atoms with Gasteiger partial charge in [-0.15, -0.1) is 11.3 Å². The molecule has 0 saturated heterocycles. The van der Waals surface area contributed by atoms with Gasteiger partial charge in [0.15, 0.2) is 0 Å². The zero-order chi connectivity index (χ0) is 34.0. The molecule has 0 radical (unpaired) electrons. The second-order valence-corrected chi connectivity index (χ2v) is 18.0. The lowest BCUT2D eigenvalue weighted by Crippen LogP contribution is -2.61. The molecule has 0 N–H and O–H groups in total. The highest BCUT2D eigenvalue weighted by molar-refractivity contribution is 7.33. The van der Waals surface area contributed by atoms with Crippen molar-refractivity contribution in [1.29, 1.82) is 0 Å². The van der Waals surface area contributed by atoms with E-state index in [-0.39, 0.29) is 23.0 Å². The molecule has 2 aliphatic heterocycles. The smallest absolute Gasteiger partial charge is 0.264 e. The molecule has 5 aromatic carbocycles. The molecule has 9 rings (SSSR count). The van der Waals surface area contributed by atoms with E-state index in [9.17, 15) is 0 Å². The SMILES string of the molecule is Cc1ccccc1N1c2cc3c(cc2B2c4sc5ccc(C(C)(C)C)cc5c4N(c4ccccc4)c4cccc1c42)C(C)(C)CCC3(C)C. The summed E-state index contributed by atoms with van der Waals surface area (Å²) in [5.74, 6) is 0. The van der Waals surface area contributed by atoms with Crippen molar-refractivity contribution < 1.29 is 0 Å². The average Bonchev–Trinajstić information content (AvgIpc) is 3.45. The lowest BCUT2D eigenvalue weighted by molar-refractivity contribution is 0.332. The lowest BCUT2D eigenvalue weighted by Gasteiger charge is -2.47. The summed E-state index contributed by atoms with van der Waals surface area (Å²) in [5, 5.41) is 1.36. The molecule has 49 heavy (non-hydrogen) atoms. The van der Waals surface area contributed by atoms with E-state index >= 15 is 0 Å². The maximum Gasteiger partial charge on any atom is 0.264 e. The molecule has 0 atom stereocenters. The minimum absolute atomic E-state index is 0.0588. The summed E-state index contributed by atoms with van der Waals surface area (Å²) in [7, 11) is 0. The highest BCUT2D eigenvalue weighted by Crippen LogP contribution is 2.51. The van der Waals surface area contributed by atoms with Crippen LogP contribution in [0.15, 0.2) is 103 Å². The first-order chi connectivity index (χ1) is 23.3. The van der Waals surface area contributed by atoms with Crippen molar-refractivity contribution in [3.8, 4) is 0 Å². The van der Waals surface area contributed by atoms with Crippen molar-refractivity contribution >= 4 is 78.0 Å². The van der Waals surface area contributed by atoms with Gasteiger partial charge in [-0.2, -0.15) is 0 Å². The van der Waals surface area contributed by atoms with Crippen molar-refractivity contribution in [2.24, 2.45) is 0 Å². The number of thiophene rings is 1. The average molecular weight is 657 g/mol. The van der Waals surface area contributed by atoms with E-state index in [0.717, 1.165) is 0 Å². The van der Waals surface area contributed by atoms with Crippen molar-refractivity contribution in [3.63, 3.8) is 0 Å². The topological polar surface area (TPSA) is 6.48 Å². The molecule has 0 unspecified atom stereocenters. The van der Waals surface area contributed by atoms with E-state index in [1.54, 1.807) is 0 Å².